The molecule has 3 heteroatoms. The van der Waals surface area contributed by atoms with E-state index < -0.39 is 0 Å². The first-order valence-electron chi connectivity index (χ1n) is 6.17. The van der Waals surface area contributed by atoms with Crippen LogP contribution in [0.1, 0.15) is 47.0 Å². The highest BCUT2D eigenvalue weighted by Crippen LogP contribution is 2.44. The molecule has 0 aromatic carbocycles. The maximum absolute atomic E-state index is 11.1. The van der Waals surface area contributed by atoms with Crippen LogP contribution < -0.4 is 0 Å². The van der Waals surface area contributed by atoms with Crippen molar-refractivity contribution in [3.8, 4) is 0 Å². The zero-order chi connectivity index (χ0) is 13.1. The van der Waals surface area contributed by atoms with Crippen LogP contribution in [0.3, 0.4) is 0 Å². The van der Waals surface area contributed by atoms with E-state index in [1.165, 1.54) is 18.1 Å². The Kier molecular flexibility index (Phi) is 4.49. The largest absolute Gasteiger partial charge is 0.466 e. The van der Waals surface area contributed by atoms with Gasteiger partial charge in [-0.15, -0.1) is 0 Å². The van der Waals surface area contributed by atoms with Crippen molar-refractivity contribution in [1.82, 2.24) is 0 Å². The molecule has 1 atom stereocenters. The molecule has 3 nitrogen and oxygen atoms in total. The predicted molar refractivity (Wildman–Crippen MR) is 66.5 cm³/mol. The number of ether oxygens (including phenoxy) is 1. The highest BCUT2D eigenvalue weighted by Gasteiger charge is 2.36. The topological polar surface area (TPSA) is 43.4 Å². The van der Waals surface area contributed by atoms with Crippen molar-refractivity contribution >= 4 is 12.3 Å². The molecule has 0 amide bonds. The van der Waals surface area contributed by atoms with E-state index in [9.17, 15) is 9.59 Å². The molecule has 0 N–H and O–H groups in total. The molecule has 0 aromatic rings. The van der Waals surface area contributed by atoms with Gasteiger partial charge in [-0.1, -0.05) is 25.0 Å². The van der Waals surface area contributed by atoms with Crippen molar-refractivity contribution in [3.63, 3.8) is 0 Å². The van der Waals surface area contributed by atoms with Gasteiger partial charge in [-0.3, -0.25) is 4.79 Å². The van der Waals surface area contributed by atoms with Crippen LogP contribution in [0.15, 0.2) is 11.1 Å². The van der Waals surface area contributed by atoms with Crippen molar-refractivity contribution in [2.75, 3.05) is 6.61 Å². The monoisotopic (exact) mass is 238 g/mol. The fourth-order valence-electron chi connectivity index (χ4n) is 2.73. The summed E-state index contributed by atoms with van der Waals surface area (Å²) in [5, 5.41) is 0. The number of carbonyl (C=O) groups is 2. The molecule has 0 heterocycles. The Labute approximate surface area is 103 Å². The molecule has 0 fully saturated rings. The molecule has 96 valence electrons. The molecule has 1 aliphatic rings. The van der Waals surface area contributed by atoms with E-state index in [4.69, 9.17) is 4.74 Å². The van der Waals surface area contributed by atoms with Gasteiger partial charge in [0, 0.05) is 19.3 Å². The Hall–Kier alpha value is -1.12. The van der Waals surface area contributed by atoms with Gasteiger partial charge in [0.1, 0.15) is 6.29 Å². The summed E-state index contributed by atoms with van der Waals surface area (Å²) >= 11 is 0. The van der Waals surface area contributed by atoms with Gasteiger partial charge in [0.2, 0.25) is 0 Å². The van der Waals surface area contributed by atoms with Crippen LogP contribution in [0.25, 0.3) is 0 Å². The maximum Gasteiger partial charge on any atom is 0.302 e. The summed E-state index contributed by atoms with van der Waals surface area (Å²) in [6.45, 7) is 8.17. The molecule has 0 radical (unpaired) electrons. The summed E-state index contributed by atoms with van der Waals surface area (Å²) in [7, 11) is 0. The van der Waals surface area contributed by atoms with Crippen LogP contribution in [0.5, 0.6) is 0 Å². The van der Waals surface area contributed by atoms with Crippen LogP contribution in [0.2, 0.25) is 0 Å². The fraction of sp³-hybridized carbons (Fsp3) is 0.714. The van der Waals surface area contributed by atoms with Gasteiger partial charge in [0.25, 0.3) is 0 Å². The van der Waals surface area contributed by atoms with Gasteiger partial charge in [-0.2, -0.15) is 0 Å². The summed E-state index contributed by atoms with van der Waals surface area (Å²) in [6, 6.07) is 0. The smallest absolute Gasteiger partial charge is 0.302 e. The Morgan fingerprint density at radius 2 is 2.18 bits per heavy atom. The van der Waals surface area contributed by atoms with E-state index in [-0.39, 0.29) is 17.3 Å². The van der Waals surface area contributed by atoms with Gasteiger partial charge >= 0.3 is 5.97 Å². The lowest BCUT2D eigenvalue weighted by atomic mass is 9.65. The molecular weight excluding hydrogens is 216 g/mol. The third kappa shape index (κ3) is 3.18. The van der Waals surface area contributed by atoms with Crippen molar-refractivity contribution in [1.29, 1.82) is 0 Å². The normalized spacial score (nSPS) is 23.4. The van der Waals surface area contributed by atoms with Crippen LogP contribution in [0.4, 0.5) is 0 Å². The molecule has 0 aromatic heterocycles. The molecule has 0 saturated carbocycles. The van der Waals surface area contributed by atoms with Crippen LogP contribution in [-0.2, 0) is 14.3 Å². The zero-order valence-electron chi connectivity index (χ0n) is 11.2. The highest BCUT2D eigenvalue weighted by molar-refractivity contribution is 5.65. The average molecular weight is 238 g/mol. The van der Waals surface area contributed by atoms with Gasteiger partial charge in [-0.25, -0.2) is 0 Å². The summed E-state index contributed by atoms with van der Waals surface area (Å²) < 4.78 is 4.99. The van der Waals surface area contributed by atoms with Crippen molar-refractivity contribution < 1.29 is 14.3 Å². The van der Waals surface area contributed by atoms with E-state index in [0.717, 1.165) is 25.5 Å². The number of carbonyl (C=O) groups excluding carboxylic acids is 2. The fourth-order valence-corrected chi connectivity index (χ4v) is 2.73. The third-order valence-electron chi connectivity index (χ3n) is 3.87. The number of hydrogen-bond acceptors (Lipinski definition) is 3. The first kappa shape index (κ1) is 13.9. The second kappa shape index (κ2) is 5.48. The minimum atomic E-state index is -0.246. The van der Waals surface area contributed by atoms with E-state index in [0.29, 0.717) is 6.61 Å². The van der Waals surface area contributed by atoms with Crippen LogP contribution in [-0.4, -0.2) is 18.9 Å². The third-order valence-corrected chi connectivity index (χ3v) is 3.87. The average Bonchev–Trinajstić information content (AvgIpc) is 2.22. The molecule has 17 heavy (non-hydrogen) atoms. The molecule has 0 aliphatic heterocycles. The molecule has 0 saturated heterocycles. The highest BCUT2D eigenvalue weighted by atomic mass is 16.5. The Morgan fingerprint density at radius 1 is 1.53 bits per heavy atom. The number of hydrogen-bond donors (Lipinski definition) is 0. The molecular formula is C14H22O3. The molecule has 1 unspecified atom stereocenters. The summed E-state index contributed by atoms with van der Waals surface area (Å²) in [5.74, 6) is -0.165. The second-order valence-electron chi connectivity index (χ2n) is 5.35. The lowest BCUT2D eigenvalue weighted by Gasteiger charge is -2.39. The number of aldehydes is 1. The number of rotatable bonds is 4. The first-order valence-corrected chi connectivity index (χ1v) is 6.17. The van der Waals surface area contributed by atoms with Crippen molar-refractivity contribution in [2.24, 2.45) is 11.3 Å². The standard InChI is InChI=1S/C14H22O3/c1-10-5-6-12(9-15)14(3,4)13(10)7-8-17-11(2)16/h9,12H,5-8H2,1-4H3. The van der Waals surface area contributed by atoms with Crippen LogP contribution in [0, 0.1) is 11.3 Å². The Balaban J connectivity index is 2.78. The van der Waals surface area contributed by atoms with Gasteiger partial charge in [0.15, 0.2) is 0 Å². The van der Waals surface area contributed by atoms with E-state index in [1.54, 1.807) is 0 Å². The van der Waals surface area contributed by atoms with Gasteiger partial charge in [-0.05, 0) is 25.2 Å². The zero-order valence-corrected chi connectivity index (χ0v) is 11.2. The molecule has 1 rings (SSSR count). The van der Waals surface area contributed by atoms with Crippen LogP contribution >= 0.6 is 0 Å². The first-order chi connectivity index (χ1) is 7.89. The quantitative estimate of drug-likeness (QED) is 0.429. The summed E-state index contributed by atoms with van der Waals surface area (Å²) in [6.07, 6.45) is 3.71. The lowest BCUT2D eigenvalue weighted by molar-refractivity contribution is -0.141. The summed E-state index contributed by atoms with van der Waals surface area (Å²) in [4.78, 5) is 21.9. The van der Waals surface area contributed by atoms with Crippen molar-refractivity contribution in [2.45, 2.75) is 47.0 Å². The van der Waals surface area contributed by atoms with Crippen molar-refractivity contribution in [3.05, 3.63) is 11.1 Å². The predicted octanol–water partition coefficient (Wildman–Crippen LogP) is 2.89. The van der Waals surface area contributed by atoms with E-state index >= 15 is 0 Å². The minimum absolute atomic E-state index is 0.0820. The van der Waals surface area contributed by atoms with E-state index in [2.05, 4.69) is 20.8 Å². The van der Waals surface area contributed by atoms with Gasteiger partial charge < -0.3 is 9.53 Å². The molecule has 1 aliphatic carbocycles. The molecule has 0 spiro atoms. The lowest BCUT2D eigenvalue weighted by Crippen LogP contribution is -2.32. The molecule has 0 bridgehead atoms. The van der Waals surface area contributed by atoms with Gasteiger partial charge in [0.05, 0.1) is 6.61 Å². The number of allylic oxidation sites excluding steroid dienone is 1. The minimum Gasteiger partial charge on any atom is -0.466 e. The SMILES string of the molecule is CC(=O)OCCC1=C(C)CCC(C=O)C1(C)C. The maximum atomic E-state index is 11.1. The Morgan fingerprint density at radius 3 is 2.71 bits per heavy atom. The Bertz CT molecular complexity index is 339. The second-order valence-corrected chi connectivity index (χ2v) is 5.35. The number of esters is 1. The van der Waals surface area contributed by atoms with E-state index in [1.807, 2.05) is 0 Å². The summed E-state index contributed by atoms with van der Waals surface area (Å²) in [5.41, 5.74) is 2.52.